The zero-order valence-electron chi connectivity index (χ0n) is 7.73. The molecule has 14 heavy (non-hydrogen) atoms. The Labute approximate surface area is 81.5 Å². The summed E-state index contributed by atoms with van der Waals surface area (Å²) in [5, 5.41) is 3.56. The predicted molar refractivity (Wildman–Crippen MR) is 53.5 cm³/mol. The van der Waals surface area contributed by atoms with E-state index in [0.717, 1.165) is 5.01 Å². The van der Waals surface area contributed by atoms with Gasteiger partial charge in [0.15, 0.2) is 0 Å². The Morgan fingerprint density at radius 3 is 2.43 bits per heavy atom. The van der Waals surface area contributed by atoms with Crippen LogP contribution in [0.2, 0.25) is 0 Å². The number of benzene rings is 1. The molecule has 3 N–H and O–H groups in total. The van der Waals surface area contributed by atoms with Crippen molar-refractivity contribution in [3.05, 3.63) is 24.3 Å². The van der Waals surface area contributed by atoms with Crippen molar-refractivity contribution in [2.24, 2.45) is 5.84 Å². The standard InChI is InChI=1S/C9H11N3O2/c1-7(14)11-8-2-4-9(5-3-8)12(10)6-13/h2-6H,10H2,1H3,(H,11,14). The van der Waals surface area contributed by atoms with Crippen molar-refractivity contribution in [1.29, 1.82) is 0 Å². The second-order valence-electron chi connectivity index (χ2n) is 2.74. The van der Waals surface area contributed by atoms with E-state index < -0.39 is 0 Å². The molecule has 0 aliphatic carbocycles. The highest BCUT2D eigenvalue weighted by Crippen LogP contribution is 2.14. The van der Waals surface area contributed by atoms with Crippen LogP contribution in [-0.4, -0.2) is 12.3 Å². The van der Waals surface area contributed by atoms with Crippen molar-refractivity contribution >= 4 is 23.7 Å². The normalized spacial score (nSPS) is 9.29. The summed E-state index contributed by atoms with van der Waals surface area (Å²) in [5.41, 5.74) is 1.23. The summed E-state index contributed by atoms with van der Waals surface area (Å²) in [6.07, 6.45) is 0.507. The summed E-state index contributed by atoms with van der Waals surface area (Å²) in [7, 11) is 0. The van der Waals surface area contributed by atoms with Crippen LogP contribution in [0.5, 0.6) is 0 Å². The van der Waals surface area contributed by atoms with Gasteiger partial charge in [0.2, 0.25) is 12.3 Å². The topological polar surface area (TPSA) is 75.4 Å². The van der Waals surface area contributed by atoms with Crippen LogP contribution in [0.3, 0.4) is 0 Å². The average molecular weight is 193 g/mol. The molecule has 0 aliphatic rings. The number of carbonyl (C=O) groups is 2. The fourth-order valence-electron chi connectivity index (χ4n) is 0.981. The van der Waals surface area contributed by atoms with Gasteiger partial charge in [0.05, 0.1) is 5.69 Å². The van der Waals surface area contributed by atoms with Crippen LogP contribution in [0.25, 0.3) is 0 Å². The molecule has 1 aromatic rings. The second kappa shape index (κ2) is 4.38. The van der Waals surface area contributed by atoms with Crippen LogP contribution < -0.4 is 16.2 Å². The number of amides is 2. The van der Waals surface area contributed by atoms with Gasteiger partial charge in [-0.1, -0.05) is 0 Å². The van der Waals surface area contributed by atoms with Crippen molar-refractivity contribution in [2.45, 2.75) is 6.92 Å². The highest BCUT2D eigenvalue weighted by Gasteiger charge is 1.99. The largest absolute Gasteiger partial charge is 0.326 e. The maximum absolute atomic E-state index is 10.7. The Balaban J connectivity index is 2.78. The number of nitrogens with one attached hydrogen (secondary N) is 1. The van der Waals surface area contributed by atoms with E-state index in [1.165, 1.54) is 6.92 Å². The zero-order valence-corrected chi connectivity index (χ0v) is 7.73. The summed E-state index contributed by atoms with van der Waals surface area (Å²) in [6.45, 7) is 1.43. The van der Waals surface area contributed by atoms with Crippen LogP contribution in [0.15, 0.2) is 24.3 Å². The van der Waals surface area contributed by atoms with E-state index in [1.807, 2.05) is 0 Å². The number of nitrogens with two attached hydrogens (primary N) is 1. The van der Waals surface area contributed by atoms with E-state index in [1.54, 1.807) is 24.3 Å². The van der Waals surface area contributed by atoms with Crippen LogP contribution in [0, 0.1) is 0 Å². The molecule has 0 atom stereocenters. The number of hydrogen-bond donors (Lipinski definition) is 2. The van der Waals surface area contributed by atoms with Gasteiger partial charge in [-0.05, 0) is 24.3 Å². The van der Waals surface area contributed by atoms with Gasteiger partial charge in [0.25, 0.3) is 0 Å². The number of anilines is 2. The molecule has 74 valence electrons. The van der Waals surface area contributed by atoms with Crippen molar-refractivity contribution in [2.75, 3.05) is 10.3 Å². The van der Waals surface area contributed by atoms with Crippen LogP contribution in [0.1, 0.15) is 6.92 Å². The van der Waals surface area contributed by atoms with E-state index in [4.69, 9.17) is 5.84 Å². The maximum atomic E-state index is 10.7. The summed E-state index contributed by atoms with van der Waals surface area (Å²) in [5.74, 6) is 5.18. The molecule has 0 bridgehead atoms. The number of rotatable bonds is 3. The van der Waals surface area contributed by atoms with Gasteiger partial charge in [-0.2, -0.15) is 0 Å². The second-order valence-corrected chi connectivity index (χ2v) is 2.74. The number of hydrazine groups is 1. The highest BCUT2D eigenvalue weighted by molar-refractivity contribution is 5.89. The first kappa shape index (κ1) is 10.2. The maximum Gasteiger partial charge on any atom is 0.228 e. The number of hydrogen-bond acceptors (Lipinski definition) is 3. The van der Waals surface area contributed by atoms with Gasteiger partial charge >= 0.3 is 0 Å². The Morgan fingerprint density at radius 1 is 1.43 bits per heavy atom. The monoisotopic (exact) mass is 193 g/mol. The molecule has 2 amide bonds. The molecule has 0 radical (unpaired) electrons. The molecule has 0 saturated heterocycles. The van der Waals surface area contributed by atoms with E-state index in [9.17, 15) is 9.59 Å². The first-order valence-corrected chi connectivity index (χ1v) is 4.00. The zero-order chi connectivity index (χ0) is 10.6. The summed E-state index contributed by atoms with van der Waals surface area (Å²) in [4.78, 5) is 21.0. The smallest absolute Gasteiger partial charge is 0.228 e. The molecule has 0 fully saturated rings. The summed E-state index contributed by atoms with van der Waals surface area (Å²) >= 11 is 0. The Hall–Kier alpha value is -1.88. The van der Waals surface area contributed by atoms with Crippen molar-refractivity contribution in [3.8, 4) is 0 Å². The third-order valence-corrected chi connectivity index (χ3v) is 1.60. The molecular formula is C9H11N3O2. The third-order valence-electron chi connectivity index (χ3n) is 1.60. The fraction of sp³-hybridized carbons (Fsp3) is 0.111. The lowest BCUT2D eigenvalue weighted by Gasteiger charge is -2.10. The van der Waals surface area contributed by atoms with Gasteiger partial charge in [0, 0.05) is 12.6 Å². The van der Waals surface area contributed by atoms with Gasteiger partial charge in [-0.25, -0.2) is 5.84 Å². The minimum absolute atomic E-state index is 0.141. The molecule has 1 aromatic carbocycles. The minimum atomic E-state index is -0.141. The van der Waals surface area contributed by atoms with Crippen molar-refractivity contribution in [3.63, 3.8) is 0 Å². The van der Waals surface area contributed by atoms with Gasteiger partial charge in [-0.15, -0.1) is 0 Å². The molecular weight excluding hydrogens is 182 g/mol. The lowest BCUT2D eigenvalue weighted by atomic mass is 10.3. The van der Waals surface area contributed by atoms with E-state index >= 15 is 0 Å². The van der Waals surface area contributed by atoms with E-state index in [2.05, 4.69) is 5.32 Å². The first-order chi connectivity index (χ1) is 6.63. The van der Waals surface area contributed by atoms with Crippen LogP contribution in [-0.2, 0) is 9.59 Å². The number of nitrogens with zero attached hydrogens (tertiary/aromatic N) is 1. The van der Waals surface area contributed by atoms with Gasteiger partial charge < -0.3 is 5.32 Å². The quantitative estimate of drug-likeness (QED) is 0.317. The molecule has 0 spiro atoms. The first-order valence-electron chi connectivity index (χ1n) is 4.00. The molecule has 1 rings (SSSR count). The van der Waals surface area contributed by atoms with Gasteiger partial charge in [0.1, 0.15) is 0 Å². The fourth-order valence-corrected chi connectivity index (χ4v) is 0.981. The molecule has 0 aromatic heterocycles. The molecule has 0 saturated carbocycles. The molecule has 0 heterocycles. The highest BCUT2D eigenvalue weighted by atomic mass is 16.1. The SMILES string of the molecule is CC(=O)Nc1ccc(N(N)C=O)cc1. The minimum Gasteiger partial charge on any atom is -0.326 e. The Bertz CT molecular complexity index is 334. The molecule has 5 heteroatoms. The lowest BCUT2D eigenvalue weighted by molar-refractivity contribution is -0.114. The summed E-state index contributed by atoms with van der Waals surface area (Å²) < 4.78 is 0. The van der Waals surface area contributed by atoms with Crippen molar-refractivity contribution < 1.29 is 9.59 Å². The van der Waals surface area contributed by atoms with E-state index in [0.29, 0.717) is 17.8 Å². The Morgan fingerprint density at radius 2 is 2.00 bits per heavy atom. The average Bonchev–Trinajstić information content (AvgIpc) is 2.17. The predicted octanol–water partition coefficient (Wildman–Crippen LogP) is 0.481. The van der Waals surface area contributed by atoms with Crippen molar-refractivity contribution in [1.82, 2.24) is 0 Å². The Kier molecular flexibility index (Phi) is 3.19. The molecule has 0 unspecified atom stereocenters. The van der Waals surface area contributed by atoms with Gasteiger partial charge in [-0.3, -0.25) is 14.6 Å². The van der Waals surface area contributed by atoms with E-state index in [-0.39, 0.29) is 5.91 Å². The third kappa shape index (κ3) is 2.56. The molecule has 0 aliphatic heterocycles. The summed E-state index contributed by atoms with van der Waals surface area (Å²) in [6, 6.07) is 6.61. The lowest BCUT2D eigenvalue weighted by Crippen LogP contribution is -2.28. The molecule has 5 nitrogen and oxygen atoms in total. The van der Waals surface area contributed by atoms with Crippen LogP contribution in [0.4, 0.5) is 11.4 Å². The van der Waals surface area contributed by atoms with Crippen LogP contribution >= 0.6 is 0 Å². The number of carbonyl (C=O) groups excluding carboxylic acids is 2.